The van der Waals surface area contributed by atoms with E-state index >= 15 is 0 Å². The molecule has 0 fully saturated rings. The lowest BCUT2D eigenvalue weighted by Crippen LogP contribution is -2.25. The first kappa shape index (κ1) is 23.5. The Morgan fingerprint density at radius 1 is 1.07 bits per heavy atom. The normalized spacial score (nSPS) is 10.1. The summed E-state index contributed by atoms with van der Waals surface area (Å²) >= 11 is 0. The molecule has 0 aliphatic heterocycles. The van der Waals surface area contributed by atoms with Crippen molar-refractivity contribution in [2.24, 2.45) is 0 Å². The summed E-state index contributed by atoms with van der Waals surface area (Å²) in [5.74, 6) is -0.731. The number of amides is 1. The van der Waals surface area contributed by atoms with E-state index in [0.29, 0.717) is 11.3 Å². The Hall–Kier alpha value is -2.51. The number of aryl methyl sites for hydroxylation is 2. The van der Waals surface area contributed by atoms with Crippen molar-refractivity contribution in [2.45, 2.75) is 40.2 Å². The maximum atomic E-state index is 12.9. The van der Waals surface area contributed by atoms with Gasteiger partial charge in [0.1, 0.15) is 17.4 Å². The molecule has 28 heavy (non-hydrogen) atoms. The Kier molecular flexibility index (Phi) is 10.8. The minimum absolute atomic E-state index is 0.123. The second kappa shape index (κ2) is 12.8. The summed E-state index contributed by atoms with van der Waals surface area (Å²) in [6.45, 7) is 7.12. The molecule has 0 aliphatic carbocycles. The van der Waals surface area contributed by atoms with E-state index in [1.165, 1.54) is 42.6 Å². The van der Waals surface area contributed by atoms with Crippen LogP contribution in [0, 0.1) is 25.5 Å². The molecule has 3 N–H and O–H groups in total. The highest BCUT2D eigenvalue weighted by atomic mass is 19.1. The Morgan fingerprint density at radius 2 is 1.71 bits per heavy atom. The molecule has 0 saturated heterocycles. The van der Waals surface area contributed by atoms with E-state index < -0.39 is 5.91 Å². The number of carbonyl (C=O) groups is 1. The number of nitrogens with one attached hydrogen (secondary N) is 2. The van der Waals surface area contributed by atoms with Crippen molar-refractivity contribution in [1.82, 2.24) is 10.8 Å². The van der Waals surface area contributed by atoms with Gasteiger partial charge in [-0.1, -0.05) is 25.5 Å². The van der Waals surface area contributed by atoms with Gasteiger partial charge in [-0.05, 0) is 67.8 Å². The standard InChI is InChI=1S/C12H18FN.C9H10FNO3/c1-3-4-7-14-9-11-5-6-12(13)10(2)8-11;1-6-4-7(2-3-8(6)10)14-5-9(12)11-13/h5-6,8,14H,3-4,7,9H2,1-2H3;2-4,13H,5H2,1H3,(H,11,12). The van der Waals surface area contributed by atoms with Crippen LogP contribution in [0.1, 0.15) is 36.5 Å². The van der Waals surface area contributed by atoms with Crippen LogP contribution >= 0.6 is 0 Å². The summed E-state index contributed by atoms with van der Waals surface area (Å²) in [6.07, 6.45) is 2.40. The fourth-order valence-electron chi connectivity index (χ4n) is 2.24. The van der Waals surface area contributed by atoms with Crippen LogP contribution in [0.3, 0.4) is 0 Å². The number of ether oxygens (including phenoxy) is 1. The van der Waals surface area contributed by atoms with Crippen molar-refractivity contribution in [2.75, 3.05) is 13.2 Å². The molecule has 7 heteroatoms. The van der Waals surface area contributed by atoms with Crippen molar-refractivity contribution in [3.63, 3.8) is 0 Å². The van der Waals surface area contributed by atoms with Gasteiger partial charge in [-0.3, -0.25) is 10.0 Å². The zero-order valence-electron chi connectivity index (χ0n) is 16.5. The Morgan fingerprint density at radius 3 is 2.29 bits per heavy atom. The Balaban J connectivity index is 0.000000280. The molecular formula is C21H28F2N2O3. The second-order valence-electron chi connectivity index (χ2n) is 6.35. The monoisotopic (exact) mass is 394 g/mol. The summed E-state index contributed by atoms with van der Waals surface area (Å²) in [4.78, 5) is 10.6. The molecule has 0 spiro atoms. The topological polar surface area (TPSA) is 70.6 Å². The van der Waals surface area contributed by atoms with E-state index in [0.717, 1.165) is 24.2 Å². The molecule has 0 aromatic heterocycles. The lowest BCUT2D eigenvalue weighted by atomic mass is 10.1. The predicted molar refractivity (Wildman–Crippen MR) is 104 cm³/mol. The summed E-state index contributed by atoms with van der Waals surface area (Å²) in [5.41, 5.74) is 3.73. The van der Waals surface area contributed by atoms with Gasteiger partial charge in [0.2, 0.25) is 0 Å². The number of hydrogen-bond donors (Lipinski definition) is 3. The molecule has 2 aromatic rings. The molecule has 0 heterocycles. The third-order valence-electron chi connectivity index (χ3n) is 3.88. The average molecular weight is 394 g/mol. The highest BCUT2D eigenvalue weighted by Crippen LogP contribution is 2.15. The van der Waals surface area contributed by atoms with Crippen molar-refractivity contribution in [1.29, 1.82) is 0 Å². The van der Waals surface area contributed by atoms with Crippen LogP contribution in [-0.4, -0.2) is 24.3 Å². The average Bonchev–Trinajstić information content (AvgIpc) is 2.69. The lowest BCUT2D eigenvalue weighted by Gasteiger charge is -2.05. The van der Waals surface area contributed by atoms with Crippen LogP contribution in [0.2, 0.25) is 0 Å². The van der Waals surface area contributed by atoms with Gasteiger partial charge in [0.25, 0.3) is 5.91 Å². The van der Waals surface area contributed by atoms with Crippen LogP contribution in [0.25, 0.3) is 0 Å². The highest BCUT2D eigenvalue weighted by Gasteiger charge is 2.03. The summed E-state index contributed by atoms with van der Waals surface area (Å²) < 4.78 is 30.7. The van der Waals surface area contributed by atoms with E-state index in [4.69, 9.17) is 9.94 Å². The number of carbonyl (C=O) groups excluding carboxylic acids is 1. The summed E-state index contributed by atoms with van der Waals surface area (Å²) in [6, 6.07) is 9.40. The fourth-order valence-corrected chi connectivity index (χ4v) is 2.24. The van der Waals surface area contributed by atoms with E-state index in [-0.39, 0.29) is 18.2 Å². The SMILES string of the molecule is CCCCNCc1ccc(F)c(C)c1.Cc1cc(OCC(=O)NO)ccc1F. The quantitative estimate of drug-likeness (QED) is 0.359. The zero-order chi connectivity index (χ0) is 20.9. The van der Waals surface area contributed by atoms with Gasteiger partial charge >= 0.3 is 0 Å². The van der Waals surface area contributed by atoms with E-state index in [1.54, 1.807) is 13.8 Å². The van der Waals surface area contributed by atoms with Gasteiger partial charge < -0.3 is 10.1 Å². The Labute approximate surface area is 164 Å². The third-order valence-corrected chi connectivity index (χ3v) is 3.88. The maximum absolute atomic E-state index is 12.9. The third kappa shape index (κ3) is 8.92. The molecule has 0 radical (unpaired) electrons. The van der Waals surface area contributed by atoms with Crippen LogP contribution in [0.15, 0.2) is 36.4 Å². The minimum Gasteiger partial charge on any atom is -0.484 e. The highest BCUT2D eigenvalue weighted by molar-refractivity contribution is 5.76. The van der Waals surface area contributed by atoms with E-state index in [2.05, 4.69) is 12.2 Å². The van der Waals surface area contributed by atoms with Crippen molar-refractivity contribution in [3.8, 4) is 5.75 Å². The van der Waals surface area contributed by atoms with Crippen molar-refractivity contribution in [3.05, 3.63) is 64.7 Å². The number of rotatable bonds is 8. The van der Waals surface area contributed by atoms with Crippen LogP contribution < -0.4 is 15.5 Å². The van der Waals surface area contributed by atoms with Gasteiger partial charge in [0, 0.05) is 6.54 Å². The van der Waals surface area contributed by atoms with Gasteiger partial charge in [-0.15, -0.1) is 0 Å². The Bertz CT molecular complexity index is 754. The van der Waals surface area contributed by atoms with Crippen LogP contribution in [-0.2, 0) is 11.3 Å². The first-order chi connectivity index (χ1) is 13.4. The van der Waals surface area contributed by atoms with Gasteiger partial charge in [0.15, 0.2) is 6.61 Å². The number of hydrogen-bond acceptors (Lipinski definition) is 4. The molecule has 2 rings (SSSR count). The molecule has 1 amide bonds. The van der Waals surface area contributed by atoms with Gasteiger partial charge in [-0.2, -0.15) is 0 Å². The molecule has 0 atom stereocenters. The summed E-state index contributed by atoms with van der Waals surface area (Å²) in [7, 11) is 0. The largest absolute Gasteiger partial charge is 0.484 e. The molecule has 0 aliphatic rings. The first-order valence-corrected chi connectivity index (χ1v) is 9.15. The van der Waals surface area contributed by atoms with Crippen LogP contribution in [0.5, 0.6) is 5.75 Å². The molecule has 0 saturated carbocycles. The predicted octanol–water partition coefficient (Wildman–Crippen LogP) is 4.04. The number of hydroxylamine groups is 1. The second-order valence-corrected chi connectivity index (χ2v) is 6.35. The maximum Gasteiger partial charge on any atom is 0.281 e. The van der Waals surface area contributed by atoms with Crippen LogP contribution in [0.4, 0.5) is 8.78 Å². The minimum atomic E-state index is -0.660. The number of unbranched alkanes of at least 4 members (excludes halogenated alkanes) is 1. The molecule has 0 unspecified atom stereocenters. The lowest BCUT2D eigenvalue weighted by molar-refractivity contribution is -0.131. The van der Waals surface area contributed by atoms with Gasteiger partial charge in [0.05, 0.1) is 0 Å². The van der Waals surface area contributed by atoms with Crippen molar-refractivity contribution >= 4 is 5.91 Å². The molecular weight excluding hydrogens is 366 g/mol. The van der Waals surface area contributed by atoms with Crippen molar-refractivity contribution < 1.29 is 23.5 Å². The van der Waals surface area contributed by atoms with E-state index in [9.17, 15) is 13.6 Å². The smallest absolute Gasteiger partial charge is 0.281 e. The van der Waals surface area contributed by atoms with E-state index in [1.807, 2.05) is 12.1 Å². The number of halogens is 2. The zero-order valence-corrected chi connectivity index (χ0v) is 16.5. The number of benzene rings is 2. The molecule has 0 bridgehead atoms. The molecule has 154 valence electrons. The van der Waals surface area contributed by atoms with Gasteiger partial charge in [-0.25, -0.2) is 14.3 Å². The first-order valence-electron chi connectivity index (χ1n) is 9.15. The molecule has 2 aromatic carbocycles. The summed E-state index contributed by atoms with van der Waals surface area (Å²) in [5, 5.41) is 11.5. The fraction of sp³-hybridized carbons (Fsp3) is 0.381. The molecule has 5 nitrogen and oxygen atoms in total.